The summed E-state index contributed by atoms with van der Waals surface area (Å²) < 4.78 is 5.10. The van der Waals surface area contributed by atoms with Gasteiger partial charge in [0.05, 0.1) is 19.3 Å². The number of nitrogens with zero attached hydrogens (tertiary/aromatic N) is 1. The Balaban J connectivity index is 2.07. The molecule has 3 heteroatoms. The molecule has 2 rings (SSSR count). The number of hydrogen-bond acceptors (Lipinski definition) is 2. The van der Waals surface area contributed by atoms with Gasteiger partial charge in [-0.1, -0.05) is 29.8 Å². The summed E-state index contributed by atoms with van der Waals surface area (Å²) >= 11 is 0. The quantitative estimate of drug-likeness (QED) is 0.764. The molecule has 1 saturated heterocycles. The summed E-state index contributed by atoms with van der Waals surface area (Å²) in [6, 6.07) is 8.39. The molecule has 0 saturated carbocycles. The van der Waals surface area contributed by atoms with Crippen LogP contribution in [0.15, 0.2) is 29.8 Å². The molecule has 0 radical (unpaired) electrons. The summed E-state index contributed by atoms with van der Waals surface area (Å²) in [6.45, 7) is 5.22. The van der Waals surface area contributed by atoms with Crippen molar-refractivity contribution in [1.29, 1.82) is 0 Å². The van der Waals surface area contributed by atoms with Crippen molar-refractivity contribution in [2.45, 2.75) is 19.9 Å². The average Bonchev–Trinajstić information content (AvgIpc) is 2.28. The fourth-order valence-corrected chi connectivity index (χ4v) is 1.87. The minimum absolute atomic E-state index is 0.0730. The minimum atomic E-state index is 0.0730. The van der Waals surface area contributed by atoms with Crippen LogP contribution in [0.1, 0.15) is 18.1 Å². The molecule has 0 N–H and O–H groups in total. The predicted molar refractivity (Wildman–Crippen MR) is 72.2 cm³/mol. The van der Waals surface area contributed by atoms with Crippen molar-refractivity contribution in [3.05, 3.63) is 41.0 Å². The third-order valence-electron chi connectivity index (χ3n) is 3.29. The standard InChI is InChI=1S/C15H19NO2/c1-11-4-6-13(7-5-11)8-12(2)15(17)16(3)14-9-18-10-14/h4-8,14H,9-10H2,1-3H3/b12-8+. The van der Waals surface area contributed by atoms with E-state index in [0.29, 0.717) is 13.2 Å². The Labute approximate surface area is 108 Å². The van der Waals surface area contributed by atoms with Crippen LogP contribution in [-0.4, -0.2) is 37.1 Å². The van der Waals surface area contributed by atoms with E-state index in [0.717, 1.165) is 11.1 Å². The molecule has 96 valence electrons. The van der Waals surface area contributed by atoms with Crippen LogP contribution in [0.3, 0.4) is 0 Å². The van der Waals surface area contributed by atoms with E-state index in [1.54, 1.807) is 4.90 Å². The number of hydrogen-bond donors (Lipinski definition) is 0. The largest absolute Gasteiger partial charge is 0.377 e. The molecule has 18 heavy (non-hydrogen) atoms. The first-order valence-electron chi connectivity index (χ1n) is 6.18. The molecule has 1 aromatic carbocycles. The second-order valence-corrected chi connectivity index (χ2v) is 4.85. The summed E-state index contributed by atoms with van der Waals surface area (Å²) in [5.41, 5.74) is 3.04. The lowest BCUT2D eigenvalue weighted by atomic mass is 10.1. The van der Waals surface area contributed by atoms with Gasteiger partial charge in [0, 0.05) is 12.6 Å². The van der Waals surface area contributed by atoms with Crippen molar-refractivity contribution in [3.8, 4) is 0 Å². The highest BCUT2D eigenvalue weighted by Crippen LogP contribution is 2.14. The van der Waals surface area contributed by atoms with Crippen LogP contribution in [-0.2, 0) is 9.53 Å². The molecular formula is C15H19NO2. The molecule has 0 unspecified atom stereocenters. The summed E-state index contributed by atoms with van der Waals surface area (Å²) in [4.78, 5) is 13.9. The lowest BCUT2D eigenvalue weighted by Gasteiger charge is -2.34. The van der Waals surface area contributed by atoms with Crippen molar-refractivity contribution >= 4 is 12.0 Å². The lowest BCUT2D eigenvalue weighted by molar-refractivity contribution is -0.137. The number of likely N-dealkylation sites (N-methyl/N-ethyl adjacent to an activating group) is 1. The zero-order valence-corrected chi connectivity index (χ0v) is 11.1. The van der Waals surface area contributed by atoms with Crippen LogP contribution in [0.25, 0.3) is 6.08 Å². The van der Waals surface area contributed by atoms with Crippen LogP contribution in [0.5, 0.6) is 0 Å². The zero-order chi connectivity index (χ0) is 13.1. The van der Waals surface area contributed by atoms with Crippen LogP contribution in [0, 0.1) is 6.92 Å². The monoisotopic (exact) mass is 245 g/mol. The third-order valence-corrected chi connectivity index (χ3v) is 3.29. The van der Waals surface area contributed by atoms with E-state index in [2.05, 4.69) is 6.92 Å². The van der Waals surface area contributed by atoms with Gasteiger partial charge in [-0.05, 0) is 25.5 Å². The molecule has 1 aliphatic rings. The van der Waals surface area contributed by atoms with Gasteiger partial charge in [-0.2, -0.15) is 0 Å². The molecule has 0 bridgehead atoms. The van der Waals surface area contributed by atoms with E-state index in [9.17, 15) is 4.79 Å². The molecule has 1 heterocycles. The van der Waals surface area contributed by atoms with Crippen LogP contribution in [0.4, 0.5) is 0 Å². The van der Waals surface area contributed by atoms with Gasteiger partial charge in [0.2, 0.25) is 5.91 Å². The summed E-state index contributed by atoms with van der Waals surface area (Å²) in [6.07, 6.45) is 1.93. The normalized spacial score (nSPS) is 16.3. The van der Waals surface area contributed by atoms with Gasteiger partial charge in [0.1, 0.15) is 0 Å². The predicted octanol–water partition coefficient (Wildman–Crippen LogP) is 2.26. The van der Waals surface area contributed by atoms with Crippen LogP contribution >= 0.6 is 0 Å². The lowest BCUT2D eigenvalue weighted by Crippen LogP contribution is -2.49. The van der Waals surface area contributed by atoms with E-state index in [1.807, 2.05) is 44.3 Å². The second-order valence-electron chi connectivity index (χ2n) is 4.85. The van der Waals surface area contributed by atoms with Crippen molar-refractivity contribution in [3.63, 3.8) is 0 Å². The Kier molecular flexibility index (Phi) is 3.82. The van der Waals surface area contributed by atoms with Gasteiger partial charge in [0.25, 0.3) is 0 Å². The highest BCUT2D eigenvalue weighted by molar-refractivity contribution is 5.97. The smallest absolute Gasteiger partial charge is 0.249 e. The van der Waals surface area contributed by atoms with Crippen LogP contribution < -0.4 is 0 Å². The molecule has 0 atom stereocenters. The number of rotatable bonds is 3. The van der Waals surface area contributed by atoms with E-state index in [-0.39, 0.29) is 11.9 Å². The van der Waals surface area contributed by atoms with Crippen molar-refractivity contribution in [2.24, 2.45) is 0 Å². The van der Waals surface area contributed by atoms with E-state index in [1.165, 1.54) is 5.56 Å². The summed E-state index contributed by atoms with van der Waals surface area (Å²) in [7, 11) is 1.84. The van der Waals surface area contributed by atoms with Crippen molar-refractivity contribution < 1.29 is 9.53 Å². The van der Waals surface area contributed by atoms with Crippen LogP contribution in [0.2, 0.25) is 0 Å². The Morgan fingerprint density at radius 3 is 2.44 bits per heavy atom. The fraction of sp³-hybridized carbons (Fsp3) is 0.400. The maximum Gasteiger partial charge on any atom is 0.249 e. The van der Waals surface area contributed by atoms with E-state index < -0.39 is 0 Å². The SMILES string of the molecule is C/C(=C\c1ccc(C)cc1)C(=O)N(C)C1COC1. The van der Waals surface area contributed by atoms with E-state index >= 15 is 0 Å². The number of amides is 1. The molecule has 1 aromatic rings. The summed E-state index contributed by atoms with van der Waals surface area (Å²) in [5.74, 6) is 0.0730. The number of benzene rings is 1. The Morgan fingerprint density at radius 1 is 1.33 bits per heavy atom. The number of aryl methyl sites for hydroxylation is 1. The molecule has 1 fully saturated rings. The fourth-order valence-electron chi connectivity index (χ4n) is 1.87. The molecule has 0 spiro atoms. The Morgan fingerprint density at radius 2 is 1.94 bits per heavy atom. The maximum absolute atomic E-state index is 12.2. The second kappa shape index (κ2) is 5.36. The van der Waals surface area contributed by atoms with Crippen molar-refractivity contribution in [2.75, 3.05) is 20.3 Å². The van der Waals surface area contributed by atoms with Crippen molar-refractivity contribution in [1.82, 2.24) is 4.90 Å². The molecule has 1 aliphatic heterocycles. The van der Waals surface area contributed by atoms with Gasteiger partial charge in [-0.15, -0.1) is 0 Å². The van der Waals surface area contributed by atoms with Gasteiger partial charge in [-0.25, -0.2) is 0 Å². The van der Waals surface area contributed by atoms with Gasteiger partial charge in [-0.3, -0.25) is 4.79 Å². The third kappa shape index (κ3) is 2.79. The topological polar surface area (TPSA) is 29.5 Å². The minimum Gasteiger partial charge on any atom is -0.377 e. The maximum atomic E-state index is 12.2. The Bertz CT molecular complexity index is 458. The average molecular weight is 245 g/mol. The first-order valence-corrected chi connectivity index (χ1v) is 6.18. The number of ether oxygens (including phenoxy) is 1. The highest BCUT2D eigenvalue weighted by Gasteiger charge is 2.27. The number of carbonyl (C=O) groups is 1. The Hall–Kier alpha value is -1.61. The molecule has 0 aliphatic carbocycles. The van der Waals surface area contributed by atoms with Gasteiger partial charge >= 0.3 is 0 Å². The molecule has 0 aromatic heterocycles. The van der Waals surface area contributed by atoms with Gasteiger partial charge in [0.15, 0.2) is 0 Å². The first kappa shape index (κ1) is 12.8. The molecular weight excluding hydrogens is 226 g/mol. The number of carbonyl (C=O) groups excluding carboxylic acids is 1. The van der Waals surface area contributed by atoms with Gasteiger partial charge < -0.3 is 9.64 Å². The highest BCUT2D eigenvalue weighted by atomic mass is 16.5. The molecule has 1 amide bonds. The zero-order valence-electron chi connectivity index (χ0n) is 11.1. The summed E-state index contributed by atoms with van der Waals surface area (Å²) in [5, 5.41) is 0. The first-order chi connectivity index (χ1) is 8.58. The van der Waals surface area contributed by atoms with E-state index in [4.69, 9.17) is 4.74 Å². The molecule has 3 nitrogen and oxygen atoms in total.